The van der Waals surface area contributed by atoms with E-state index >= 15 is 0 Å². The zero-order valence-electron chi connectivity index (χ0n) is 17.6. The lowest BCUT2D eigenvalue weighted by atomic mass is 9.96. The number of nitro groups is 1. The predicted octanol–water partition coefficient (Wildman–Crippen LogP) is 5.17. The Morgan fingerprint density at radius 1 is 1.16 bits per heavy atom. The molecule has 156 valence electrons. The monoisotopic (exact) mass is 423 g/mol. The molecule has 0 aliphatic heterocycles. The Hall–Kier alpha value is -4.69. The number of fused-ring (bicyclic) bond motifs is 1. The maximum atomic E-state index is 11.0. The maximum absolute atomic E-state index is 11.0. The third-order valence-corrected chi connectivity index (χ3v) is 5.58. The van der Waals surface area contributed by atoms with Crippen molar-refractivity contribution in [1.82, 2.24) is 4.98 Å². The number of nitrogens with zero attached hydrogens (tertiary/aromatic N) is 4. The number of nitrogens with two attached hydrogens (primary N) is 1. The van der Waals surface area contributed by atoms with Crippen molar-refractivity contribution in [2.45, 2.75) is 20.8 Å². The van der Waals surface area contributed by atoms with Crippen LogP contribution >= 0.6 is 0 Å². The number of allylic oxidation sites excluding steroid dienone is 3. The standard InChI is InChI=1S/C24H17N5O3/c1-12-8-15(29(30)31)4-6-17(12)21-7-5-16(32-21)9-18-13(2)19(10-25)23-22(18)14(3)20(11-26)24(27)28-23/h4-9H,1-3H3,(H2,27,28). The number of nitrogen functional groups attached to an aromatic ring is 1. The molecule has 0 fully saturated rings. The van der Waals surface area contributed by atoms with Crippen molar-refractivity contribution in [2.75, 3.05) is 5.73 Å². The molecular weight excluding hydrogens is 406 g/mol. The fourth-order valence-electron chi connectivity index (χ4n) is 3.95. The zero-order valence-corrected chi connectivity index (χ0v) is 17.6. The van der Waals surface area contributed by atoms with Crippen LogP contribution in [0.1, 0.15) is 40.6 Å². The maximum Gasteiger partial charge on any atom is 0.269 e. The minimum absolute atomic E-state index is 0.0167. The van der Waals surface area contributed by atoms with Gasteiger partial charge in [-0.05, 0) is 67.3 Å². The Morgan fingerprint density at radius 3 is 2.53 bits per heavy atom. The van der Waals surface area contributed by atoms with Crippen LogP contribution in [-0.2, 0) is 0 Å². The summed E-state index contributed by atoms with van der Waals surface area (Å²) in [6.45, 7) is 5.38. The molecule has 0 amide bonds. The fourth-order valence-corrected chi connectivity index (χ4v) is 3.95. The van der Waals surface area contributed by atoms with Crippen LogP contribution < -0.4 is 5.73 Å². The molecule has 2 N–H and O–H groups in total. The Kier molecular flexibility index (Phi) is 4.84. The molecule has 0 spiro atoms. The Balaban J connectivity index is 1.83. The summed E-state index contributed by atoms with van der Waals surface area (Å²) in [4.78, 5) is 14.9. The SMILES string of the molecule is CC1=C(C#N)c2nc(N)c(C#N)c(C)c2C1=Cc1ccc(-c2ccc([N+](=O)[O-])cc2C)o1. The summed E-state index contributed by atoms with van der Waals surface area (Å²) in [5, 5.41) is 30.1. The van der Waals surface area contributed by atoms with Crippen LogP contribution in [-0.4, -0.2) is 9.91 Å². The number of furan rings is 1. The lowest BCUT2D eigenvalue weighted by Gasteiger charge is -2.10. The van der Waals surface area contributed by atoms with Gasteiger partial charge in [0.2, 0.25) is 0 Å². The van der Waals surface area contributed by atoms with E-state index in [9.17, 15) is 20.6 Å². The van der Waals surface area contributed by atoms with Gasteiger partial charge in [0.25, 0.3) is 5.69 Å². The van der Waals surface area contributed by atoms with E-state index in [0.29, 0.717) is 33.9 Å². The first-order chi connectivity index (χ1) is 15.3. The Bertz CT molecular complexity index is 1460. The average molecular weight is 423 g/mol. The number of hydrogen-bond donors (Lipinski definition) is 1. The van der Waals surface area contributed by atoms with Gasteiger partial charge in [0.15, 0.2) is 0 Å². The van der Waals surface area contributed by atoms with Crippen LogP contribution in [0.4, 0.5) is 11.5 Å². The molecule has 3 aromatic rings. The second-order valence-corrected chi connectivity index (χ2v) is 7.46. The number of aryl methyl sites for hydroxylation is 1. The van der Waals surface area contributed by atoms with E-state index < -0.39 is 4.92 Å². The molecule has 1 aromatic carbocycles. The molecule has 0 radical (unpaired) electrons. The van der Waals surface area contributed by atoms with E-state index in [2.05, 4.69) is 17.1 Å². The molecule has 0 unspecified atom stereocenters. The molecule has 4 rings (SSSR count). The largest absolute Gasteiger partial charge is 0.457 e. The second-order valence-electron chi connectivity index (χ2n) is 7.46. The van der Waals surface area contributed by atoms with Gasteiger partial charge in [0.05, 0.1) is 21.8 Å². The van der Waals surface area contributed by atoms with E-state index in [4.69, 9.17) is 10.2 Å². The van der Waals surface area contributed by atoms with Crippen molar-refractivity contribution >= 4 is 28.7 Å². The van der Waals surface area contributed by atoms with Crippen molar-refractivity contribution in [2.24, 2.45) is 0 Å². The Morgan fingerprint density at radius 2 is 1.91 bits per heavy atom. The van der Waals surface area contributed by atoms with Crippen LogP contribution in [0, 0.1) is 46.6 Å². The quantitative estimate of drug-likeness (QED) is 0.452. The number of anilines is 1. The number of pyridine rings is 1. The number of non-ortho nitro benzene ring substituents is 1. The number of aromatic nitrogens is 1. The molecule has 32 heavy (non-hydrogen) atoms. The topological polar surface area (TPSA) is 143 Å². The van der Waals surface area contributed by atoms with Crippen molar-refractivity contribution in [3.8, 4) is 23.5 Å². The van der Waals surface area contributed by atoms with E-state index in [1.807, 2.05) is 6.92 Å². The lowest BCUT2D eigenvalue weighted by Crippen LogP contribution is -2.03. The second kappa shape index (κ2) is 7.53. The van der Waals surface area contributed by atoms with Gasteiger partial charge >= 0.3 is 0 Å². The average Bonchev–Trinajstić information content (AvgIpc) is 3.31. The highest BCUT2D eigenvalue weighted by Crippen LogP contribution is 2.44. The smallest absolute Gasteiger partial charge is 0.269 e. The lowest BCUT2D eigenvalue weighted by molar-refractivity contribution is -0.384. The molecule has 8 nitrogen and oxygen atoms in total. The summed E-state index contributed by atoms with van der Waals surface area (Å²) in [7, 11) is 0. The Labute approximate surface area is 183 Å². The number of nitriles is 2. The first-order valence-corrected chi connectivity index (χ1v) is 9.66. The van der Waals surface area contributed by atoms with Crippen LogP contribution in [0.15, 0.2) is 40.3 Å². The first-order valence-electron chi connectivity index (χ1n) is 9.66. The summed E-state index contributed by atoms with van der Waals surface area (Å²) in [6.07, 6.45) is 1.80. The molecule has 2 aromatic heterocycles. The highest BCUT2D eigenvalue weighted by Gasteiger charge is 2.30. The van der Waals surface area contributed by atoms with Gasteiger partial charge in [-0.3, -0.25) is 10.1 Å². The van der Waals surface area contributed by atoms with Gasteiger partial charge in [-0.2, -0.15) is 10.5 Å². The zero-order chi connectivity index (χ0) is 23.2. The van der Waals surface area contributed by atoms with Crippen LogP contribution in [0.25, 0.3) is 28.5 Å². The number of nitro benzene ring substituents is 1. The molecule has 2 heterocycles. The molecular formula is C24H17N5O3. The molecule has 0 saturated heterocycles. The van der Waals surface area contributed by atoms with Crippen molar-refractivity contribution < 1.29 is 9.34 Å². The van der Waals surface area contributed by atoms with Gasteiger partial charge < -0.3 is 10.2 Å². The van der Waals surface area contributed by atoms with Gasteiger partial charge in [0.1, 0.15) is 29.5 Å². The highest BCUT2D eigenvalue weighted by molar-refractivity contribution is 6.08. The number of benzene rings is 1. The van der Waals surface area contributed by atoms with Crippen LogP contribution in [0.5, 0.6) is 0 Å². The van der Waals surface area contributed by atoms with E-state index in [-0.39, 0.29) is 17.1 Å². The summed E-state index contributed by atoms with van der Waals surface area (Å²) in [5.41, 5.74) is 11.4. The number of rotatable bonds is 3. The molecule has 0 bridgehead atoms. The molecule has 1 aliphatic carbocycles. The van der Waals surface area contributed by atoms with Gasteiger partial charge in [-0.25, -0.2) is 4.98 Å². The summed E-state index contributed by atoms with van der Waals surface area (Å²) < 4.78 is 6.00. The van der Waals surface area contributed by atoms with Gasteiger partial charge in [-0.15, -0.1) is 0 Å². The van der Waals surface area contributed by atoms with E-state index in [1.54, 1.807) is 38.1 Å². The third-order valence-electron chi connectivity index (χ3n) is 5.58. The third kappa shape index (κ3) is 3.11. The summed E-state index contributed by atoms with van der Waals surface area (Å²) in [5.74, 6) is 1.20. The minimum atomic E-state index is -0.438. The minimum Gasteiger partial charge on any atom is -0.457 e. The van der Waals surface area contributed by atoms with Crippen LogP contribution in [0.3, 0.4) is 0 Å². The molecule has 1 aliphatic rings. The van der Waals surface area contributed by atoms with Gasteiger partial charge in [-0.1, -0.05) is 0 Å². The molecule has 8 heteroatoms. The highest BCUT2D eigenvalue weighted by atomic mass is 16.6. The van der Waals surface area contributed by atoms with Crippen molar-refractivity contribution in [3.05, 3.63) is 79.7 Å². The van der Waals surface area contributed by atoms with E-state index in [0.717, 1.165) is 22.3 Å². The normalized spacial score (nSPS) is 13.7. The number of hydrogen-bond acceptors (Lipinski definition) is 7. The summed E-state index contributed by atoms with van der Waals surface area (Å²) >= 11 is 0. The predicted molar refractivity (Wildman–Crippen MR) is 120 cm³/mol. The fraction of sp³-hybridized carbons (Fsp3) is 0.125. The van der Waals surface area contributed by atoms with Crippen molar-refractivity contribution in [1.29, 1.82) is 10.5 Å². The van der Waals surface area contributed by atoms with Crippen LogP contribution in [0.2, 0.25) is 0 Å². The van der Waals surface area contributed by atoms with Gasteiger partial charge in [0, 0.05) is 23.3 Å². The van der Waals surface area contributed by atoms with E-state index in [1.165, 1.54) is 12.1 Å². The molecule has 0 saturated carbocycles. The first kappa shape index (κ1) is 20.6. The molecule has 0 atom stereocenters. The van der Waals surface area contributed by atoms with Crippen molar-refractivity contribution in [3.63, 3.8) is 0 Å². The summed E-state index contributed by atoms with van der Waals surface area (Å²) in [6, 6.07) is 12.4.